The number of methoxy groups -OCH3 is 3. The predicted molar refractivity (Wildman–Crippen MR) is 72.1 cm³/mol. The van der Waals surface area contributed by atoms with Crippen LogP contribution in [0.5, 0.6) is 5.75 Å². The fourth-order valence-electron chi connectivity index (χ4n) is 1.71. The Morgan fingerprint density at radius 2 is 2.11 bits per heavy atom. The van der Waals surface area contributed by atoms with Crippen LogP contribution in [0, 0.1) is 11.3 Å². The maximum Gasteiger partial charge on any atom is 0.136 e. The van der Waals surface area contributed by atoms with E-state index in [-0.39, 0.29) is 6.10 Å². The lowest BCUT2D eigenvalue weighted by atomic mass is 10.1. The maximum absolute atomic E-state index is 8.90. The van der Waals surface area contributed by atoms with Crippen molar-refractivity contribution >= 4 is 0 Å². The van der Waals surface area contributed by atoms with Crippen LogP contribution in [0.1, 0.15) is 11.1 Å². The summed E-state index contributed by atoms with van der Waals surface area (Å²) < 4.78 is 15.5. The van der Waals surface area contributed by atoms with E-state index in [2.05, 4.69) is 11.4 Å². The highest BCUT2D eigenvalue weighted by Crippen LogP contribution is 2.19. The summed E-state index contributed by atoms with van der Waals surface area (Å²) >= 11 is 0. The molecule has 0 saturated heterocycles. The van der Waals surface area contributed by atoms with Gasteiger partial charge in [-0.15, -0.1) is 0 Å². The van der Waals surface area contributed by atoms with Crippen LogP contribution in [0.3, 0.4) is 0 Å². The molecule has 0 aliphatic rings. The quantitative estimate of drug-likeness (QED) is 0.767. The van der Waals surface area contributed by atoms with Gasteiger partial charge in [-0.3, -0.25) is 0 Å². The van der Waals surface area contributed by atoms with E-state index in [0.29, 0.717) is 31.0 Å². The number of hydrogen-bond donors (Lipinski definition) is 1. The molecule has 1 aromatic rings. The molecule has 0 aliphatic heterocycles. The summed E-state index contributed by atoms with van der Waals surface area (Å²) in [6.45, 7) is 1.94. The van der Waals surface area contributed by atoms with Crippen molar-refractivity contribution in [1.82, 2.24) is 5.32 Å². The first-order valence-corrected chi connectivity index (χ1v) is 6.04. The molecule has 0 fully saturated rings. The van der Waals surface area contributed by atoms with E-state index in [4.69, 9.17) is 19.5 Å². The summed E-state index contributed by atoms with van der Waals surface area (Å²) in [5, 5.41) is 12.2. The van der Waals surface area contributed by atoms with E-state index in [1.807, 2.05) is 12.1 Å². The van der Waals surface area contributed by atoms with Gasteiger partial charge in [-0.25, -0.2) is 0 Å². The molecule has 1 aromatic carbocycles. The van der Waals surface area contributed by atoms with Crippen LogP contribution in [-0.4, -0.2) is 40.6 Å². The van der Waals surface area contributed by atoms with E-state index in [1.165, 1.54) is 0 Å². The van der Waals surface area contributed by atoms with Crippen molar-refractivity contribution in [3.05, 3.63) is 29.3 Å². The van der Waals surface area contributed by atoms with Crippen molar-refractivity contribution < 1.29 is 14.2 Å². The van der Waals surface area contributed by atoms with Gasteiger partial charge < -0.3 is 19.5 Å². The molecule has 0 bridgehead atoms. The third kappa shape index (κ3) is 4.87. The number of rotatable bonds is 8. The lowest BCUT2D eigenvalue weighted by Gasteiger charge is -2.15. The van der Waals surface area contributed by atoms with Gasteiger partial charge in [0.1, 0.15) is 11.8 Å². The second kappa shape index (κ2) is 8.48. The minimum atomic E-state index is 0.0327. The first-order chi connectivity index (χ1) is 9.24. The van der Waals surface area contributed by atoms with Crippen LogP contribution in [-0.2, 0) is 16.0 Å². The van der Waals surface area contributed by atoms with Crippen LogP contribution in [0.25, 0.3) is 0 Å². The number of nitriles is 1. The number of benzene rings is 1. The zero-order valence-corrected chi connectivity index (χ0v) is 11.6. The lowest BCUT2D eigenvalue weighted by Crippen LogP contribution is -2.31. The normalized spacial score (nSPS) is 11.9. The molecule has 1 atom stereocenters. The molecular weight excluding hydrogens is 244 g/mol. The molecule has 0 heterocycles. The van der Waals surface area contributed by atoms with E-state index < -0.39 is 0 Å². The number of ether oxygens (including phenoxy) is 3. The van der Waals surface area contributed by atoms with Gasteiger partial charge in [-0.2, -0.15) is 5.26 Å². The summed E-state index contributed by atoms with van der Waals surface area (Å²) in [6.07, 6.45) is 0.0327. The predicted octanol–water partition coefficient (Wildman–Crippen LogP) is 1.32. The molecule has 0 aromatic heterocycles. The smallest absolute Gasteiger partial charge is 0.136 e. The van der Waals surface area contributed by atoms with Gasteiger partial charge >= 0.3 is 0 Å². The Balaban J connectivity index is 2.52. The zero-order valence-electron chi connectivity index (χ0n) is 11.6. The Hall–Kier alpha value is -1.61. The van der Waals surface area contributed by atoms with Gasteiger partial charge in [0.25, 0.3) is 0 Å². The minimum Gasteiger partial charge on any atom is -0.495 e. The van der Waals surface area contributed by atoms with Gasteiger partial charge in [0.15, 0.2) is 0 Å². The summed E-state index contributed by atoms with van der Waals surface area (Å²) in [5.41, 5.74) is 1.60. The van der Waals surface area contributed by atoms with Crippen molar-refractivity contribution in [1.29, 1.82) is 5.26 Å². The highest BCUT2D eigenvalue weighted by atomic mass is 16.5. The fourth-order valence-corrected chi connectivity index (χ4v) is 1.71. The van der Waals surface area contributed by atoms with Crippen LogP contribution in [0.4, 0.5) is 0 Å². The summed E-state index contributed by atoms with van der Waals surface area (Å²) in [5.74, 6) is 0.599. The molecule has 1 unspecified atom stereocenters. The Kier molecular flexibility index (Phi) is 6.90. The number of nitrogens with one attached hydrogen (secondary N) is 1. The minimum absolute atomic E-state index is 0.0327. The van der Waals surface area contributed by atoms with Crippen molar-refractivity contribution in [3.63, 3.8) is 0 Å². The van der Waals surface area contributed by atoms with Crippen LogP contribution < -0.4 is 10.1 Å². The Morgan fingerprint density at radius 1 is 1.32 bits per heavy atom. The van der Waals surface area contributed by atoms with Crippen LogP contribution >= 0.6 is 0 Å². The average molecular weight is 264 g/mol. The maximum atomic E-state index is 8.90. The topological polar surface area (TPSA) is 63.5 Å². The number of nitrogens with zero attached hydrogens (tertiary/aromatic N) is 1. The summed E-state index contributed by atoms with van der Waals surface area (Å²) in [4.78, 5) is 0. The van der Waals surface area contributed by atoms with Gasteiger partial charge in [0.2, 0.25) is 0 Å². The average Bonchev–Trinajstić information content (AvgIpc) is 2.46. The van der Waals surface area contributed by atoms with Crippen molar-refractivity contribution in [2.24, 2.45) is 0 Å². The van der Waals surface area contributed by atoms with Crippen molar-refractivity contribution in [3.8, 4) is 11.8 Å². The molecule has 5 heteroatoms. The third-order valence-electron chi connectivity index (χ3n) is 2.77. The molecule has 19 heavy (non-hydrogen) atoms. The standard InChI is InChI=1S/C14H20N2O3/c1-17-10-13(18-2)9-16-8-11-4-5-12(7-15)14(6-11)19-3/h4-6,13,16H,8-10H2,1-3H3. The first kappa shape index (κ1) is 15.4. The second-order valence-electron chi connectivity index (χ2n) is 4.09. The monoisotopic (exact) mass is 264 g/mol. The van der Waals surface area contributed by atoms with Gasteiger partial charge in [-0.1, -0.05) is 6.07 Å². The molecule has 1 N–H and O–H groups in total. The van der Waals surface area contributed by atoms with Crippen LogP contribution in [0.15, 0.2) is 18.2 Å². The van der Waals surface area contributed by atoms with E-state index in [9.17, 15) is 0 Å². The highest BCUT2D eigenvalue weighted by molar-refractivity contribution is 5.45. The molecule has 0 amide bonds. The Bertz CT molecular complexity index is 429. The van der Waals surface area contributed by atoms with Crippen molar-refractivity contribution in [2.75, 3.05) is 34.5 Å². The molecule has 0 saturated carbocycles. The molecule has 1 rings (SSSR count). The Labute approximate surface area is 114 Å². The zero-order chi connectivity index (χ0) is 14.1. The van der Waals surface area contributed by atoms with Gasteiger partial charge in [0, 0.05) is 27.3 Å². The summed E-state index contributed by atoms with van der Waals surface area (Å²) in [6, 6.07) is 7.63. The third-order valence-corrected chi connectivity index (χ3v) is 2.77. The van der Waals surface area contributed by atoms with Crippen LogP contribution in [0.2, 0.25) is 0 Å². The number of hydrogen-bond acceptors (Lipinski definition) is 5. The molecular formula is C14H20N2O3. The second-order valence-corrected chi connectivity index (χ2v) is 4.09. The van der Waals surface area contributed by atoms with Crippen molar-refractivity contribution in [2.45, 2.75) is 12.6 Å². The molecule has 0 aliphatic carbocycles. The summed E-state index contributed by atoms with van der Waals surface area (Å²) in [7, 11) is 4.88. The fraction of sp³-hybridized carbons (Fsp3) is 0.500. The van der Waals surface area contributed by atoms with E-state index >= 15 is 0 Å². The SMILES string of the molecule is COCC(CNCc1ccc(C#N)c(OC)c1)OC. The molecule has 0 radical (unpaired) electrons. The molecule has 5 nitrogen and oxygen atoms in total. The lowest BCUT2D eigenvalue weighted by molar-refractivity contribution is 0.0288. The van der Waals surface area contributed by atoms with Gasteiger partial charge in [0.05, 0.1) is 25.4 Å². The van der Waals surface area contributed by atoms with E-state index in [1.54, 1.807) is 27.4 Å². The van der Waals surface area contributed by atoms with E-state index in [0.717, 1.165) is 5.56 Å². The largest absolute Gasteiger partial charge is 0.495 e. The Morgan fingerprint density at radius 3 is 2.68 bits per heavy atom. The first-order valence-electron chi connectivity index (χ1n) is 6.04. The highest BCUT2D eigenvalue weighted by Gasteiger charge is 2.07. The molecule has 0 spiro atoms. The van der Waals surface area contributed by atoms with Gasteiger partial charge in [-0.05, 0) is 17.7 Å². The molecule has 104 valence electrons.